The van der Waals surface area contributed by atoms with E-state index in [-0.39, 0.29) is 6.10 Å². The molecular weight excluding hydrogens is 204 g/mol. The topological polar surface area (TPSA) is 63.0 Å². The molecule has 1 aromatic heterocycles. The highest BCUT2D eigenvalue weighted by atomic mass is 16.3. The van der Waals surface area contributed by atoms with Crippen molar-refractivity contribution in [2.24, 2.45) is 0 Å². The highest BCUT2D eigenvalue weighted by Crippen LogP contribution is 2.24. The Labute approximate surface area is 94.9 Å². The standard InChI is InChI=1S/C11H18N4O/c16-9-3-6-15-10(7-9)13-11(14-15)8-1-4-12-5-2-8/h8-9,12,16H,1-7H2. The molecule has 1 aromatic rings. The summed E-state index contributed by atoms with van der Waals surface area (Å²) >= 11 is 0. The van der Waals surface area contributed by atoms with Gasteiger partial charge >= 0.3 is 0 Å². The fraction of sp³-hybridized carbons (Fsp3) is 0.818. The van der Waals surface area contributed by atoms with E-state index in [1.807, 2.05) is 4.68 Å². The molecule has 88 valence electrons. The molecule has 1 fully saturated rings. The van der Waals surface area contributed by atoms with Gasteiger partial charge in [0.2, 0.25) is 0 Å². The molecule has 0 aromatic carbocycles. The Bertz CT molecular complexity index is 370. The van der Waals surface area contributed by atoms with Gasteiger partial charge in [-0.05, 0) is 32.4 Å². The Morgan fingerprint density at radius 3 is 2.88 bits per heavy atom. The summed E-state index contributed by atoms with van der Waals surface area (Å²) in [5, 5.41) is 17.5. The molecule has 0 amide bonds. The molecule has 3 rings (SSSR count). The van der Waals surface area contributed by atoms with Crippen LogP contribution in [0.2, 0.25) is 0 Å². The lowest BCUT2D eigenvalue weighted by atomic mass is 9.98. The zero-order chi connectivity index (χ0) is 11.0. The van der Waals surface area contributed by atoms with Gasteiger partial charge in [0.05, 0.1) is 6.10 Å². The van der Waals surface area contributed by atoms with Crippen LogP contribution in [0.5, 0.6) is 0 Å². The minimum atomic E-state index is -0.224. The van der Waals surface area contributed by atoms with Gasteiger partial charge in [-0.3, -0.25) is 0 Å². The van der Waals surface area contributed by atoms with Crippen LogP contribution < -0.4 is 5.32 Å². The van der Waals surface area contributed by atoms with Crippen molar-refractivity contribution in [3.63, 3.8) is 0 Å². The van der Waals surface area contributed by atoms with Crippen LogP contribution in [0, 0.1) is 0 Å². The van der Waals surface area contributed by atoms with Crippen LogP contribution >= 0.6 is 0 Å². The minimum absolute atomic E-state index is 0.224. The lowest BCUT2D eigenvalue weighted by Gasteiger charge is -2.19. The molecule has 2 N–H and O–H groups in total. The maximum absolute atomic E-state index is 9.58. The zero-order valence-corrected chi connectivity index (χ0v) is 9.39. The number of fused-ring (bicyclic) bond motifs is 1. The van der Waals surface area contributed by atoms with Crippen molar-refractivity contribution >= 4 is 0 Å². The summed E-state index contributed by atoms with van der Waals surface area (Å²) in [4.78, 5) is 4.59. The SMILES string of the molecule is OC1CCn2nc(C3CCNCC3)nc2C1. The Balaban J connectivity index is 1.80. The van der Waals surface area contributed by atoms with E-state index in [0.29, 0.717) is 12.3 Å². The van der Waals surface area contributed by atoms with Crippen LogP contribution in [0.3, 0.4) is 0 Å². The van der Waals surface area contributed by atoms with Gasteiger partial charge in [-0.15, -0.1) is 0 Å². The van der Waals surface area contributed by atoms with Crippen molar-refractivity contribution in [3.05, 3.63) is 11.6 Å². The normalized spacial score (nSPS) is 26.7. The van der Waals surface area contributed by atoms with Gasteiger partial charge in [0, 0.05) is 18.9 Å². The Hall–Kier alpha value is -0.940. The zero-order valence-electron chi connectivity index (χ0n) is 9.39. The molecule has 0 bridgehead atoms. The molecule has 3 heterocycles. The summed E-state index contributed by atoms with van der Waals surface area (Å²) < 4.78 is 1.98. The van der Waals surface area contributed by atoms with Crippen molar-refractivity contribution in [2.75, 3.05) is 13.1 Å². The summed E-state index contributed by atoms with van der Waals surface area (Å²) in [5.41, 5.74) is 0. The molecule has 0 saturated carbocycles. The van der Waals surface area contributed by atoms with Gasteiger partial charge < -0.3 is 10.4 Å². The van der Waals surface area contributed by atoms with E-state index in [0.717, 1.165) is 50.5 Å². The van der Waals surface area contributed by atoms with Crippen molar-refractivity contribution in [1.82, 2.24) is 20.1 Å². The van der Waals surface area contributed by atoms with Gasteiger partial charge in [-0.1, -0.05) is 0 Å². The number of aliphatic hydroxyl groups excluding tert-OH is 1. The molecule has 2 aliphatic rings. The first kappa shape index (κ1) is 10.2. The predicted octanol–water partition coefficient (Wildman–Crippen LogP) is 0.0522. The van der Waals surface area contributed by atoms with E-state index < -0.39 is 0 Å². The fourth-order valence-electron chi connectivity index (χ4n) is 2.56. The number of hydrogen-bond donors (Lipinski definition) is 2. The molecular formula is C11H18N4O. The van der Waals surface area contributed by atoms with Crippen molar-refractivity contribution in [2.45, 2.75) is 44.2 Å². The lowest BCUT2D eigenvalue weighted by Crippen LogP contribution is -2.27. The average molecular weight is 222 g/mol. The molecule has 0 spiro atoms. The van der Waals surface area contributed by atoms with E-state index in [1.165, 1.54) is 0 Å². The van der Waals surface area contributed by atoms with Gasteiger partial charge in [0.15, 0.2) is 5.82 Å². The van der Waals surface area contributed by atoms with E-state index in [4.69, 9.17) is 0 Å². The smallest absolute Gasteiger partial charge is 0.154 e. The van der Waals surface area contributed by atoms with Gasteiger partial charge in [-0.2, -0.15) is 5.10 Å². The summed E-state index contributed by atoms with van der Waals surface area (Å²) in [6.07, 6.45) is 3.51. The molecule has 1 atom stereocenters. The number of aryl methyl sites for hydroxylation is 1. The van der Waals surface area contributed by atoms with Gasteiger partial charge in [0.25, 0.3) is 0 Å². The van der Waals surface area contributed by atoms with Crippen molar-refractivity contribution in [1.29, 1.82) is 0 Å². The number of piperidine rings is 1. The number of rotatable bonds is 1. The van der Waals surface area contributed by atoms with E-state index >= 15 is 0 Å². The van der Waals surface area contributed by atoms with Crippen LogP contribution in [0.15, 0.2) is 0 Å². The lowest BCUT2D eigenvalue weighted by molar-refractivity contribution is 0.138. The van der Waals surface area contributed by atoms with E-state index in [1.54, 1.807) is 0 Å². The second-order valence-corrected chi connectivity index (χ2v) is 4.78. The molecule has 5 nitrogen and oxygen atoms in total. The second kappa shape index (κ2) is 4.14. The molecule has 5 heteroatoms. The second-order valence-electron chi connectivity index (χ2n) is 4.78. The number of nitrogens with one attached hydrogen (secondary N) is 1. The third-order valence-electron chi connectivity index (χ3n) is 3.56. The Kier molecular flexibility index (Phi) is 2.65. The Morgan fingerprint density at radius 2 is 2.06 bits per heavy atom. The maximum atomic E-state index is 9.58. The molecule has 1 unspecified atom stereocenters. The molecule has 0 radical (unpaired) electrons. The van der Waals surface area contributed by atoms with Crippen molar-refractivity contribution in [3.8, 4) is 0 Å². The van der Waals surface area contributed by atoms with E-state index in [9.17, 15) is 5.11 Å². The number of nitrogens with zero attached hydrogens (tertiary/aromatic N) is 3. The van der Waals surface area contributed by atoms with Crippen LogP contribution in [0.25, 0.3) is 0 Å². The van der Waals surface area contributed by atoms with Gasteiger partial charge in [-0.25, -0.2) is 9.67 Å². The van der Waals surface area contributed by atoms with Crippen LogP contribution in [-0.2, 0) is 13.0 Å². The predicted molar refractivity (Wildman–Crippen MR) is 59.2 cm³/mol. The summed E-state index contributed by atoms with van der Waals surface area (Å²) in [5.74, 6) is 2.47. The van der Waals surface area contributed by atoms with E-state index in [2.05, 4.69) is 15.4 Å². The summed E-state index contributed by atoms with van der Waals surface area (Å²) in [6.45, 7) is 2.95. The minimum Gasteiger partial charge on any atom is -0.393 e. The summed E-state index contributed by atoms with van der Waals surface area (Å²) in [7, 11) is 0. The highest BCUT2D eigenvalue weighted by molar-refractivity contribution is 5.03. The first-order valence-corrected chi connectivity index (χ1v) is 6.15. The highest BCUT2D eigenvalue weighted by Gasteiger charge is 2.24. The first-order chi connectivity index (χ1) is 7.83. The van der Waals surface area contributed by atoms with Crippen LogP contribution in [0.4, 0.5) is 0 Å². The molecule has 0 aliphatic carbocycles. The number of aliphatic hydroxyl groups is 1. The van der Waals surface area contributed by atoms with Gasteiger partial charge in [0.1, 0.15) is 5.82 Å². The van der Waals surface area contributed by atoms with Crippen LogP contribution in [0.1, 0.15) is 36.8 Å². The van der Waals surface area contributed by atoms with Crippen molar-refractivity contribution < 1.29 is 5.11 Å². The molecule has 16 heavy (non-hydrogen) atoms. The third-order valence-corrected chi connectivity index (χ3v) is 3.56. The Morgan fingerprint density at radius 1 is 1.25 bits per heavy atom. The molecule has 2 aliphatic heterocycles. The quantitative estimate of drug-likeness (QED) is 0.705. The summed E-state index contributed by atoms with van der Waals surface area (Å²) in [6, 6.07) is 0. The largest absolute Gasteiger partial charge is 0.393 e. The fourth-order valence-corrected chi connectivity index (χ4v) is 2.56. The average Bonchev–Trinajstić information content (AvgIpc) is 2.73. The number of hydrogen-bond acceptors (Lipinski definition) is 4. The first-order valence-electron chi connectivity index (χ1n) is 6.15. The number of aromatic nitrogens is 3. The monoisotopic (exact) mass is 222 g/mol. The van der Waals surface area contributed by atoms with Crippen LogP contribution in [-0.4, -0.2) is 39.1 Å². The maximum Gasteiger partial charge on any atom is 0.154 e. The third kappa shape index (κ3) is 1.85. The molecule has 1 saturated heterocycles.